The molecule has 0 amide bonds. The zero-order valence-corrected chi connectivity index (χ0v) is 12.8. The van der Waals surface area contributed by atoms with E-state index in [0.29, 0.717) is 0 Å². The topological polar surface area (TPSA) is 28.2 Å². The smallest absolute Gasteiger partial charge is 0.185 e. The summed E-state index contributed by atoms with van der Waals surface area (Å²) in [4.78, 5) is 8.60. The third kappa shape index (κ3) is 3.04. The molecule has 4 heteroatoms. The van der Waals surface area contributed by atoms with Gasteiger partial charge in [-0.3, -0.25) is 0 Å². The van der Waals surface area contributed by atoms with Gasteiger partial charge in [-0.2, -0.15) is 0 Å². The molecule has 102 valence electrons. The van der Waals surface area contributed by atoms with Crippen molar-refractivity contribution in [2.75, 3.05) is 24.5 Å². The summed E-state index contributed by atoms with van der Waals surface area (Å²) in [6.07, 6.45) is 1.32. The summed E-state index contributed by atoms with van der Waals surface area (Å²) in [5, 5.41) is 4.61. The van der Waals surface area contributed by atoms with E-state index in [1.54, 1.807) is 0 Å². The maximum absolute atomic E-state index is 4.74. The minimum Gasteiger partial charge on any atom is -0.348 e. The summed E-state index contributed by atoms with van der Waals surface area (Å²) in [5.41, 5.74) is 1.20. The Morgan fingerprint density at radius 1 is 1.50 bits per heavy atom. The molecule has 1 unspecified atom stereocenters. The van der Waals surface area contributed by atoms with E-state index in [0.717, 1.165) is 24.9 Å². The summed E-state index contributed by atoms with van der Waals surface area (Å²) in [5.74, 6) is 1.63. The van der Waals surface area contributed by atoms with Crippen LogP contribution in [-0.2, 0) is 6.54 Å². The summed E-state index contributed by atoms with van der Waals surface area (Å²) in [6.45, 7) is 13.3. The Morgan fingerprint density at radius 2 is 2.28 bits per heavy atom. The second kappa shape index (κ2) is 6.02. The van der Waals surface area contributed by atoms with Crippen LogP contribution in [0.1, 0.15) is 37.8 Å². The lowest BCUT2D eigenvalue weighted by molar-refractivity contribution is 0.422. The number of hydrogen-bond donors (Lipinski definition) is 1. The zero-order valence-electron chi connectivity index (χ0n) is 12.0. The highest BCUT2D eigenvalue weighted by Crippen LogP contribution is 2.32. The van der Waals surface area contributed by atoms with Gasteiger partial charge in [0.25, 0.3) is 0 Å². The molecule has 2 heterocycles. The van der Waals surface area contributed by atoms with E-state index in [1.807, 2.05) is 11.3 Å². The van der Waals surface area contributed by atoms with Crippen LogP contribution >= 0.6 is 11.3 Å². The highest BCUT2D eigenvalue weighted by atomic mass is 32.1. The normalized spacial score (nSPS) is 20.1. The Morgan fingerprint density at radius 3 is 2.89 bits per heavy atom. The highest BCUT2D eigenvalue weighted by Gasteiger charge is 2.27. The Balaban J connectivity index is 2.01. The van der Waals surface area contributed by atoms with E-state index in [-0.39, 0.29) is 0 Å². The summed E-state index contributed by atoms with van der Waals surface area (Å²) < 4.78 is 0. The molecule has 1 aliphatic rings. The molecule has 0 aliphatic carbocycles. The van der Waals surface area contributed by atoms with Crippen molar-refractivity contribution in [3.8, 4) is 0 Å². The third-order valence-electron chi connectivity index (χ3n) is 3.85. The summed E-state index contributed by atoms with van der Waals surface area (Å²) in [6, 6.07) is 0. The lowest BCUT2D eigenvalue weighted by Crippen LogP contribution is -2.20. The first kappa shape index (κ1) is 13.8. The van der Waals surface area contributed by atoms with Crippen molar-refractivity contribution in [3.05, 3.63) is 10.6 Å². The van der Waals surface area contributed by atoms with Gasteiger partial charge in [-0.1, -0.05) is 20.8 Å². The van der Waals surface area contributed by atoms with Crippen molar-refractivity contribution >= 4 is 16.5 Å². The zero-order chi connectivity index (χ0) is 13.1. The molecule has 1 aromatic rings. The predicted molar refractivity (Wildman–Crippen MR) is 79.4 cm³/mol. The standard InChI is InChI=1S/C14H25N3S/c1-5-15-8-13-11(4)16-14(18-13)17-7-6-12(9-17)10(2)3/h10,12,15H,5-9H2,1-4H3. The van der Waals surface area contributed by atoms with Crippen molar-refractivity contribution in [2.24, 2.45) is 11.8 Å². The maximum atomic E-state index is 4.74. The van der Waals surface area contributed by atoms with Crippen LogP contribution in [0.15, 0.2) is 0 Å². The monoisotopic (exact) mass is 267 g/mol. The molecule has 1 fully saturated rings. The SMILES string of the molecule is CCNCc1sc(N2CCC(C(C)C)C2)nc1C. The largest absolute Gasteiger partial charge is 0.348 e. The molecular formula is C14H25N3S. The summed E-state index contributed by atoms with van der Waals surface area (Å²) in [7, 11) is 0. The van der Waals surface area contributed by atoms with Crippen molar-refractivity contribution in [2.45, 2.75) is 40.7 Å². The van der Waals surface area contributed by atoms with Gasteiger partial charge in [-0.25, -0.2) is 4.98 Å². The maximum Gasteiger partial charge on any atom is 0.185 e. The molecule has 1 saturated heterocycles. The van der Waals surface area contributed by atoms with Gasteiger partial charge in [0.15, 0.2) is 5.13 Å². The van der Waals surface area contributed by atoms with E-state index in [2.05, 4.69) is 37.9 Å². The highest BCUT2D eigenvalue weighted by molar-refractivity contribution is 7.15. The van der Waals surface area contributed by atoms with E-state index < -0.39 is 0 Å². The van der Waals surface area contributed by atoms with Crippen molar-refractivity contribution in [3.63, 3.8) is 0 Å². The molecule has 0 saturated carbocycles. The molecule has 2 rings (SSSR count). The van der Waals surface area contributed by atoms with Gasteiger partial charge in [0.05, 0.1) is 5.69 Å². The molecule has 1 aliphatic heterocycles. The Bertz CT molecular complexity index is 386. The second-order valence-electron chi connectivity index (χ2n) is 5.52. The first-order valence-electron chi connectivity index (χ1n) is 7.03. The number of nitrogens with one attached hydrogen (secondary N) is 1. The van der Waals surface area contributed by atoms with Crippen LogP contribution in [0, 0.1) is 18.8 Å². The van der Waals surface area contributed by atoms with Crippen molar-refractivity contribution < 1.29 is 0 Å². The van der Waals surface area contributed by atoms with E-state index in [4.69, 9.17) is 4.98 Å². The van der Waals surface area contributed by atoms with Crippen LogP contribution in [0.25, 0.3) is 0 Å². The number of aryl methyl sites for hydroxylation is 1. The van der Waals surface area contributed by atoms with Crippen molar-refractivity contribution in [1.82, 2.24) is 10.3 Å². The van der Waals surface area contributed by atoms with Gasteiger partial charge in [0.2, 0.25) is 0 Å². The average Bonchev–Trinajstić information content (AvgIpc) is 2.93. The molecule has 1 aromatic heterocycles. The number of rotatable bonds is 5. The van der Waals surface area contributed by atoms with Gasteiger partial charge in [0, 0.05) is 24.5 Å². The Labute approximate surface area is 115 Å². The number of aromatic nitrogens is 1. The molecule has 3 nitrogen and oxygen atoms in total. The number of thiazole rings is 1. The first-order chi connectivity index (χ1) is 8.61. The van der Waals surface area contributed by atoms with Crippen LogP contribution in [0.2, 0.25) is 0 Å². The fraction of sp³-hybridized carbons (Fsp3) is 0.786. The fourth-order valence-electron chi connectivity index (χ4n) is 2.46. The first-order valence-corrected chi connectivity index (χ1v) is 7.85. The van der Waals surface area contributed by atoms with E-state index in [1.165, 1.54) is 35.2 Å². The van der Waals surface area contributed by atoms with Crippen molar-refractivity contribution in [1.29, 1.82) is 0 Å². The fourth-order valence-corrected chi connectivity index (χ4v) is 3.52. The number of anilines is 1. The van der Waals surface area contributed by atoms with Crippen LogP contribution in [-0.4, -0.2) is 24.6 Å². The lowest BCUT2D eigenvalue weighted by atomic mass is 9.95. The van der Waals surface area contributed by atoms with Gasteiger partial charge in [-0.15, -0.1) is 11.3 Å². The Hall–Kier alpha value is -0.610. The van der Waals surface area contributed by atoms with Gasteiger partial charge < -0.3 is 10.2 Å². The van der Waals surface area contributed by atoms with Crippen LogP contribution in [0.4, 0.5) is 5.13 Å². The molecule has 0 radical (unpaired) electrons. The Kier molecular flexibility index (Phi) is 4.62. The minimum absolute atomic E-state index is 0.789. The quantitative estimate of drug-likeness (QED) is 0.889. The van der Waals surface area contributed by atoms with E-state index >= 15 is 0 Å². The van der Waals surface area contributed by atoms with Crippen LogP contribution in [0.5, 0.6) is 0 Å². The van der Waals surface area contributed by atoms with E-state index in [9.17, 15) is 0 Å². The molecule has 0 spiro atoms. The summed E-state index contributed by atoms with van der Waals surface area (Å²) >= 11 is 1.86. The van der Waals surface area contributed by atoms with Crippen LogP contribution in [0.3, 0.4) is 0 Å². The van der Waals surface area contributed by atoms with Gasteiger partial charge in [0.1, 0.15) is 0 Å². The van der Waals surface area contributed by atoms with Gasteiger partial charge >= 0.3 is 0 Å². The molecule has 0 aromatic carbocycles. The minimum atomic E-state index is 0.789. The number of nitrogens with zero attached hydrogens (tertiary/aromatic N) is 2. The van der Waals surface area contributed by atoms with Gasteiger partial charge in [-0.05, 0) is 31.7 Å². The average molecular weight is 267 g/mol. The predicted octanol–water partition coefficient (Wildman–Crippen LogP) is 3.04. The lowest BCUT2D eigenvalue weighted by Gasteiger charge is -2.16. The number of hydrogen-bond acceptors (Lipinski definition) is 4. The molecular weight excluding hydrogens is 242 g/mol. The van der Waals surface area contributed by atoms with Crippen LogP contribution < -0.4 is 10.2 Å². The molecule has 0 bridgehead atoms. The molecule has 18 heavy (non-hydrogen) atoms. The second-order valence-corrected chi connectivity index (χ2v) is 6.59. The third-order valence-corrected chi connectivity index (χ3v) is 5.07. The molecule has 1 atom stereocenters. The molecule has 1 N–H and O–H groups in total.